The quantitative estimate of drug-likeness (QED) is 0.857. The minimum absolute atomic E-state index is 0.0199. The van der Waals surface area contributed by atoms with Gasteiger partial charge in [-0.3, -0.25) is 14.6 Å². The summed E-state index contributed by atoms with van der Waals surface area (Å²) in [5.41, 5.74) is 2.75. The van der Waals surface area contributed by atoms with Gasteiger partial charge in [-0.25, -0.2) is 4.79 Å². The van der Waals surface area contributed by atoms with Crippen molar-refractivity contribution in [3.8, 4) is 0 Å². The third-order valence-corrected chi connectivity index (χ3v) is 5.18. The number of amides is 3. The van der Waals surface area contributed by atoms with Gasteiger partial charge in [0.1, 0.15) is 0 Å². The Morgan fingerprint density at radius 3 is 2.74 bits per heavy atom. The lowest BCUT2D eigenvalue weighted by molar-refractivity contribution is -0.120. The lowest BCUT2D eigenvalue weighted by Gasteiger charge is -2.24. The van der Waals surface area contributed by atoms with E-state index < -0.39 is 0 Å². The minimum atomic E-state index is -0.121. The van der Waals surface area contributed by atoms with E-state index in [2.05, 4.69) is 27.7 Å². The van der Waals surface area contributed by atoms with Crippen LogP contribution in [0.1, 0.15) is 18.4 Å². The highest BCUT2D eigenvalue weighted by Crippen LogP contribution is 2.24. The molecule has 2 aliphatic heterocycles. The van der Waals surface area contributed by atoms with Crippen LogP contribution in [0.4, 0.5) is 16.2 Å². The van der Waals surface area contributed by atoms with Gasteiger partial charge in [0.05, 0.1) is 6.04 Å². The minimum Gasteiger partial charge on any atom is -0.336 e. The molecule has 4 rings (SSSR count). The van der Waals surface area contributed by atoms with E-state index >= 15 is 0 Å². The summed E-state index contributed by atoms with van der Waals surface area (Å²) >= 11 is 0. The molecule has 0 saturated carbocycles. The van der Waals surface area contributed by atoms with Crippen LogP contribution in [0.5, 0.6) is 0 Å². The van der Waals surface area contributed by atoms with Crippen LogP contribution in [-0.2, 0) is 11.3 Å². The fraction of sp³-hybridized carbons (Fsp3) is 0.333. The zero-order valence-corrected chi connectivity index (χ0v) is 15.2. The molecule has 1 atom stereocenters. The monoisotopic (exact) mass is 364 g/mol. The van der Waals surface area contributed by atoms with Crippen LogP contribution in [0.2, 0.25) is 0 Å². The van der Waals surface area contributed by atoms with Gasteiger partial charge < -0.3 is 10.6 Å². The molecule has 0 aromatic heterocycles. The van der Waals surface area contributed by atoms with Gasteiger partial charge in [-0.2, -0.15) is 0 Å². The van der Waals surface area contributed by atoms with E-state index in [9.17, 15) is 9.59 Å². The highest BCUT2D eigenvalue weighted by atomic mass is 16.2. The molecule has 0 aliphatic carbocycles. The number of urea groups is 1. The molecule has 0 radical (unpaired) electrons. The number of hydrogen-bond donors (Lipinski definition) is 2. The summed E-state index contributed by atoms with van der Waals surface area (Å²) in [6.45, 7) is 3.00. The summed E-state index contributed by atoms with van der Waals surface area (Å²) in [4.78, 5) is 28.6. The molecule has 2 aromatic carbocycles. The van der Waals surface area contributed by atoms with Gasteiger partial charge in [-0.15, -0.1) is 0 Å². The molecule has 0 spiro atoms. The third kappa shape index (κ3) is 3.95. The summed E-state index contributed by atoms with van der Waals surface area (Å²) in [7, 11) is 0. The van der Waals surface area contributed by atoms with Crippen LogP contribution in [-0.4, -0.2) is 42.5 Å². The maximum absolute atomic E-state index is 12.9. The van der Waals surface area contributed by atoms with Gasteiger partial charge in [-0.1, -0.05) is 36.4 Å². The molecule has 2 aromatic rings. The van der Waals surface area contributed by atoms with E-state index in [0.717, 1.165) is 37.3 Å². The topological polar surface area (TPSA) is 64.7 Å². The number of rotatable bonds is 5. The van der Waals surface area contributed by atoms with Gasteiger partial charge in [0, 0.05) is 31.0 Å². The van der Waals surface area contributed by atoms with E-state index in [1.165, 1.54) is 5.56 Å². The number of carbonyl (C=O) groups is 2. The second-order valence-electron chi connectivity index (χ2n) is 7.04. The Balaban J connectivity index is 1.43. The van der Waals surface area contributed by atoms with Crippen molar-refractivity contribution in [2.45, 2.75) is 25.4 Å². The lowest BCUT2D eigenvalue weighted by Crippen LogP contribution is -2.39. The van der Waals surface area contributed by atoms with Crippen LogP contribution >= 0.6 is 0 Å². The lowest BCUT2D eigenvalue weighted by atomic mass is 10.1. The second kappa shape index (κ2) is 7.80. The molecule has 0 bridgehead atoms. The van der Waals surface area contributed by atoms with Crippen molar-refractivity contribution in [2.24, 2.45) is 0 Å². The van der Waals surface area contributed by atoms with E-state index in [0.29, 0.717) is 13.1 Å². The summed E-state index contributed by atoms with van der Waals surface area (Å²) in [6, 6.07) is 17.5. The largest absolute Gasteiger partial charge is 0.336 e. The van der Waals surface area contributed by atoms with Crippen molar-refractivity contribution in [2.75, 3.05) is 29.9 Å². The van der Waals surface area contributed by atoms with E-state index in [4.69, 9.17) is 0 Å². The highest BCUT2D eigenvalue weighted by Gasteiger charge is 2.30. The summed E-state index contributed by atoms with van der Waals surface area (Å²) < 4.78 is 0. The van der Waals surface area contributed by atoms with Crippen molar-refractivity contribution in [1.29, 1.82) is 0 Å². The van der Waals surface area contributed by atoms with Crippen LogP contribution in [0.15, 0.2) is 54.6 Å². The molecule has 2 saturated heterocycles. The molecule has 2 aliphatic rings. The Hall–Kier alpha value is -2.86. The molecule has 2 heterocycles. The summed E-state index contributed by atoms with van der Waals surface area (Å²) in [5, 5.41) is 5.83. The molecular weight excluding hydrogens is 340 g/mol. The first-order valence-electron chi connectivity index (χ1n) is 9.45. The fourth-order valence-corrected chi connectivity index (χ4v) is 3.83. The Labute approximate surface area is 159 Å². The molecule has 2 fully saturated rings. The number of hydrogen-bond acceptors (Lipinski definition) is 3. The maximum atomic E-state index is 12.9. The molecule has 27 heavy (non-hydrogen) atoms. The first-order chi connectivity index (χ1) is 13.2. The SMILES string of the molecule is O=C(Nc1cccc(N2CCNC2=O)c1)[C@H]1CCCN1Cc1ccccc1. The van der Waals surface area contributed by atoms with Crippen molar-refractivity contribution in [3.63, 3.8) is 0 Å². The Morgan fingerprint density at radius 1 is 1.11 bits per heavy atom. The maximum Gasteiger partial charge on any atom is 0.321 e. The predicted octanol–water partition coefficient (Wildman–Crippen LogP) is 2.82. The average molecular weight is 364 g/mol. The van der Waals surface area contributed by atoms with Crippen molar-refractivity contribution in [1.82, 2.24) is 10.2 Å². The summed E-state index contributed by atoms with van der Waals surface area (Å²) in [5.74, 6) is 0.0199. The molecule has 2 N–H and O–H groups in total. The van der Waals surface area contributed by atoms with Crippen LogP contribution < -0.4 is 15.5 Å². The Kier molecular flexibility index (Phi) is 5.07. The first kappa shape index (κ1) is 17.5. The van der Waals surface area contributed by atoms with E-state index in [-0.39, 0.29) is 18.0 Å². The summed E-state index contributed by atoms with van der Waals surface area (Å²) in [6.07, 6.45) is 1.89. The Morgan fingerprint density at radius 2 is 1.96 bits per heavy atom. The number of anilines is 2. The van der Waals surface area contributed by atoms with E-state index in [1.807, 2.05) is 42.5 Å². The Bertz CT molecular complexity index is 824. The fourth-order valence-electron chi connectivity index (χ4n) is 3.83. The smallest absolute Gasteiger partial charge is 0.321 e. The number of nitrogens with zero attached hydrogens (tertiary/aromatic N) is 2. The van der Waals surface area contributed by atoms with Crippen LogP contribution in [0.25, 0.3) is 0 Å². The average Bonchev–Trinajstić information content (AvgIpc) is 3.32. The van der Waals surface area contributed by atoms with Gasteiger partial charge in [-0.05, 0) is 43.1 Å². The highest BCUT2D eigenvalue weighted by molar-refractivity contribution is 5.97. The zero-order valence-electron chi connectivity index (χ0n) is 15.2. The molecule has 6 nitrogen and oxygen atoms in total. The van der Waals surface area contributed by atoms with Crippen molar-refractivity contribution in [3.05, 3.63) is 60.2 Å². The standard InChI is InChI=1S/C21H24N4O2/c26-20(19-10-5-12-24(19)15-16-6-2-1-3-7-16)23-17-8-4-9-18(14-17)25-13-11-22-21(25)27/h1-4,6-9,14,19H,5,10-13,15H2,(H,22,27)(H,23,26)/t19-/m1/s1. The molecule has 140 valence electrons. The van der Waals surface area contributed by atoms with Gasteiger partial charge in [0.15, 0.2) is 0 Å². The van der Waals surface area contributed by atoms with Crippen LogP contribution in [0.3, 0.4) is 0 Å². The molecule has 6 heteroatoms. The van der Waals surface area contributed by atoms with Crippen molar-refractivity contribution >= 4 is 23.3 Å². The number of carbonyl (C=O) groups excluding carboxylic acids is 2. The number of nitrogens with one attached hydrogen (secondary N) is 2. The van der Waals surface area contributed by atoms with Gasteiger partial charge >= 0.3 is 6.03 Å². The molecule has 3 amide bonds. The van der Waals surface area contributed by atoms with Gasteiger partial charge in [0.25, 0.3) is 0 Å². The molecular formula is C21H24N4O2. The molecule has 0 unspecified atom stereocenters. The normalized spacial score (nSPS) is 19.9. The number of likely N-dealkylation sites (tertiary alicyclic amines) is 1. The van der Waals surface area contributed by atoms with E-state index in [1.54, 1.807) is 4.90 Å². The predicted molar refractivity (Wildman–Crippen MR) is 106 cm³/mol. The van der Waals surface area contributed by atoms with Crippen molar-refractivity contribution < 1.29 is 9.59 Å². The third-order valence-electron chi connectivity index (χ3n) is 5.18. The first-order valence-corrected chi connectivity index (χ1v) is 9.45. The zero-order chi connectivity index (χ0) is 18.6. The second-order valence-corrected chi connectivity index (χ2v) is 7.04. The van der Waals surface area contributed by atoms with Gasteiger partial charge in [0.2, 0.25) is 5.91 Å². The number of benzene rings is 2. The van der Waals surface area contributed by atoms with Crippen LogP contribution in [0, 0.1) is 0 Å².